The van der Waals surface area contributed by atoms with Crippen molar-refractivity contribution in [1.29, 1.82) is 0 Å². The van der Waals surface area contributed by atoms with Crippen molar-refractivity contribution in [2.45, 2.75) is 82.5 Å². The average molecular weight is 443 g/mol. The van der Waals surface area contributed by atoms with Crippen molar-refractivity contribution in [2.24, 2.45) is 17.3 Å². The molecule has 170 valence electrons. The van der Waals surface area contributed by atoms with Crippen LogP contribution in [0.2, 0.25) is 0 Å². The predicted molar refractivity (Wildman–Crippen MR) is 128 cm³/mol. The lowest BCUT2D eigenvalue weighted by molar-refractivity contribution is 0.158. The van der Waals surface area contributed by atoms with E-state index < -0.39 is 14.6 Å². The highest BCUT2D eigenvalue weighted by atomic mass is 32.2. The molecule has 3 nitrogen and oxygen atoms in total. The highest BCUT2D eigenvalue weighted by Crippen LogP contribution is 2.57. The predicted octanol–water partition coefficient (Wildman–Crippen LogP) is 5.85. The number of aliphatic hydroxyl groups excluding tert-OH is 1. The van der Waals surface area contributed by atoms with Gasteiger partial charge >= 0.3 is 0 Å². The Kier molecular flexibility index (Phi) is 6.02. The standard InChI is InChI=1S/C27H38O3S/c1-19-7-10-23(28)18-22(19)9-8-21-6-5-14-26(3)24(11-12-25(21)26)20(2)13-15-27(16-17-27)31(4,29)30/h8-9,11,13,15,20,23,25,28H,1,5-7,10,12,14,16-18H2,2-4H3/b15-13+,21-8+,22-9-. The maximum Gasteiger partial charge on any atom is 0.156 e. The molecule has 3 fully saturated rings. The summed E-state index contributed by atoms with van der Waals surface area (Å²) in [5.74, 6) is 0.788. The van der Waals surface area contributed by atoms with Gasteiger partial charge in [-0.15, -0.1) is 0 Å². The first-order chi connectivity index (χ1) is 14.6. The Morgan fingerprint density at radius 3 is 2.65 bits per heavy atom. The molecule has 0 bridgehead atoms. The zero-order valence-corrected chi connectivity index (χ0v) is 20.2. The van der Waals surface area contributed by atoms with Crippen LogP contribution in [0, 0.1) is 17.3 Å². The first-order valence-electron chi connectivity index (χ1n) is 11.9. The van der Waals surface area contributed by atoms with Gasteiger partial charge in [-0.1, -0.05) is 67.5 Å². The van der Waals surface area contributed by atoms with Crippen LogP contribution in [-0.2, 0) is 9.84 Å². The Bertz CT molecular complexity index is 974. The summed E-state index contributed by atoms with van der Waals surface area (Å²) in [5, 5.41) is 10.0. The number of fused-ring (bicyclic) bond motifs is 1. The quantitative estimate of drug-likeness (QED) is 0.544. The lowest BCUT2D eigenvalue weighted by atomic mass is 9.62. The summed E-state index contributed by atoms with van der Waals surface area (Å²) in [6.45, 7) is 8.84. The second-order valence-corrected chi connectivity index (χ2v) is 13.0. The third kappa shape index (κ3) is 4.30. The van der Waals surface area contributed by atoms with E-state index in [9.17, 15) is 13.5 Å². The van der Waals surface area contributed by atoms with E-state index >= 15 is 0 Å². The molecular formula is C27H38O3S. The van der Waals surface area contributed by atoms with Gasteiger partial charge in [0.05, 0.1) is 10.9 Å². The molecule has 0 aromatic carbocycles. The molecule has 3 saturated carbocycles. The van der Waals surface area contributed by atoms with Crippen molar-refractivity contribution in [1.82, 2.24) is 0 Å². The van der Waals surface area contributed by atoms with Crippen molar-refractivity contribution in [2.75, 3.05) is 6.26 Å². The smallest absolute Gasteiger partial charge is 0.156 e. The van der Waals surface area contributed by atoms with Gasteiger partial charge in [0.15, 0.2) is 9.84 Å². The third-order valence-electron chi connectivity index (χ3n) is 8.46. The van der Waals surface area contributed by atoms with E-state index in [0.717, 1.165) is 44.9 Å². The molecule has 4 aliphatic carbocycles. The first kappa shape index (κ1) is 22.8. The third-order valence-corrected chi connectivity index (χ3v) is 10.5. The highest BCUT2D eigenvalue weighted by molar-refractivity contribution is 7.92. The Morgan fingerprint density at radius 1 is 1.23 bits per heavy atom. The molecule has 4 heteroatoms. The normalized spacial score (nSPS) is 36.6. The van der Waals surface area contributed by atoms with Crippen LogP contribution in [0.15, 0.2) is 59.3 Å². The van der Waals surface area contributed by atoms with E-state index in [1.54, 1.807) is 0 Å². The maximum absolute atomic E-state index is 12.1. The molecular weight excluding hydrogens is 404 g/mol. The fraction of sp³-hybridized carbons (Fsp3) is 0.630. The SMILES string of the molecule is C=C1CCC(O)C/C1=C/C=C1\CCCC2(C)C(C(C)/C=C/C3(S(C)(=O)=O)CC3)=CCC12. The molecule has 0 radical (unpaired) electrons. The Balaban J connectivity index is 1.52. The Morgan fingerprint density at radius 2 is 1.97 bits per heavy atom. The van der Waals surface area contributed by atoms with Gasteiger partial charge in [-0.2, -0.15) is 0 Å². The van der Waals surface area contributed by atoms with Crippen LogP contribution in [0.3, 0.4) is 0 Å². The van der Waals surface area contributed by atoms with Gasteiger partial charge in [0.25, 0.3) is 0 Å². The van der Waals surface area contributed by atoms with Crippen LogP contribution in [0.1, 0.15) is 71.6 Å². The van der Waals surface area contributed by atoms with Gasteiger partial charge in [0, 0.05) is 6.26 Å². The molecule has 0 spiro atoms. The fourth-order valence-corrected chi connectivity index (χ4v) is 7.33. The van der Waals surface area contributed by atoms with Gasteiger partial charge in [-0.3, -0.25) is 0 Å². The number of rotatable bonds is 5. The molecule has 4 aliphatic rings. The van der Waals surface area contributed by atoms with Crippen molar-refractivity contribution in [3.05, 3.63) is 59.3 Å². The highest BCUT2D eigenvalue weighted by Gasteiger charge is 2.50. The molecule has 0 aliphatic heterocycles. The van der Waals surface area contributed by atoms with Crippen molar-refractivity contribution < 1.29 is 13.5 Å². The van der Waals surface area contributed by atoms with Gasteiger partial charge in [-0.05, 0) is 80.6 Å². The summed E-state index contributed by atoms with van der Waals surface area (Å²) < 4.78 is 23.7. The van der Waals surface area contributed by atoms with Gasteiger partial charge < -0.3 is 5.11 Å². The van der Waals surface area contributed by atoms with Crippen LogP contribution < -0.4 is 0 Å². The van der Waals surface area contributed by atoms with E-state index in [1.807, 2.05) is 6.08 Å². The average Bonchev–Trinajstić information content (AvgIpc) is 3.42. The summed E-state index contributed by atoms with van der Waals surface area (Å²) in [4.78, 5) is 0. The molecule has 1 N–H and O–H groups in total. The number of sulfone groups is 1. The summed E-state index contributed by atoms with van der Waals surface area (Å²) in [7, 11) is -3.03. The number of allylic oxidation sites excluding steroid dienone is 7. The summed E-state index contributed by atoms with van der Waals surface area (Å²) >= 11 is 0. The van der Waals surface area contributed by atoms with E-state index in [0.29, 0.717) is 5.92 Å². The maximum atomic E-state index is 12.1. The summed E-state index contributed by atoms with van der Waals surface area (Å²) in [5.41, 5.74) is 5.53. The zero-order chi connectivity index (χ0) is 22.4. The summed E-state index contributed by atoms with van der Waals surface area (Å²) in [6, 6.07) is 0. The van der Waals surface area contributed by atoms with Crippen LogP contribution in [0.25, 0.3) is 0 Å². The van der Waals surface area contributed by atoms with Crippen LogP contribution in [-0.4, -0.2) is 30.6 Å². The number of aliphatic hydroxyl groups is 1. The van der Waals surface area contributed by atoms with Crippen LogP contribution >= 0.6 is 0 Å². The lowest BCUT2D eigenvalue weighted by Gasteiger charge is -2.42. The fourth-order valence-electron chi connectivity index (χ4n) is 6.16. The Hall–Kier alpha value is -1.39. The van der Waals surface area contributed by atoms with Crippen molar-refractivity contribution in [3.63, 3.8) is 0 Å². The van der Waals surface area contributed by atoms with E-state index in [2.05, 4.69) is 44.7 Å². The molecule has 0 saturated heterocycles. The minimum absolute atomic E-state index is 0.150. The molecule has 0 amide bonds. The van der Waals surface area contributed by atoms with Crippen LogP contribution in [0.5, 0.6) is 0 Å². The zero-order valence-electron chi connectivity index (χ0n) is 19.4. The van der Waals surface area contributed by atoms with Gasteiger partial charge in [0.2, 0.25) is 0 Å². The second kappa shape index (κ2) is 8.19. The van der Waals surface area contributed by atoms with Crippen molar-refractivity contribution >= 4 is 9.84 Å². The number of hydrogen-bond acceptors (Lipinski definition) is 3. The molecule has 0 heterocycles. The largest absolute Gasteiger partial charge is 0.393 e. The first-order valence-corrected chi connectivity index (χ1v) is 13.8. The van der Waals surface area contributed by atoms with Gasteiger partial charge in [-0.25, -0.2) is 8.42 Å². The van der Waals surface area contributed by atoms with Crippen LogP contribution in [0.4, 0.5) is 0 Å². The van der Waals surface area contributed by atoms with E-state index in [4.69, 9.17) is 0 Å². The molecule has 31 heavy (non-hydrogen) atoms. The number of hydrogen-bond donors (Lipinski definition) is 1. The monoisotopic (exact) mass is 442 g/mol. The second-order valence-electron chi connectivity index (χ2n) is 10.6. The topological polar surface area (TPSA) is 54.4 Å². The van der Waals surface area contributed by atoms with Gasteiger partial charge in [0.1, 0.15) is 0 Å². The van der Waals surface area contributed by atoms with Crippen molar-refractivity contribution in [3.8, 4) is 0 Å². The van der Waals surface area contributed by atoms with E-state index in [1.165, 1.54) is 41.4 Å². The molecule has 4 unspecified atom stereocenters. The summed E-state index contributed by atoms with van der Waals surface area (Å²) in [6.07, 6.45) is 20.8. The molecule has 4 rings (SSSR count). The van der Waals surface area contributed by atoms with E-state index in [-0.39, 0.29) is 17.4 Å². The lowest BCUT2D eigenvalue weighted by Crippen LogP contribution is -2.32. The minimum Gasteiger partial charge on any atom is -0.393 e. The molecule has 4 atom stereocenters. The Labute approximate surface area is 188 Å². The molecule has 0 aromatic rings. The minimum atomic E-state index is -3.03. The molecule has 0 aromatic heterocycles.